The molecule has 81 heavy (non-hydrogen) atoms. The lowest BCUT2D eigenvalue weighted by Gasteiger charge is -2.13. The van der Waals surface area contributed by atoms with Crippen LogP contribution in [0.1, 0.15) is 16.7 Å². The summed E-state index contributed by atoms with van der Waals surface area (Å²) in [5.41, 5.74) is 19.3. The largest absolute Gasteiger partial charge is 0.309 e. The summed E-state index contributed by atoms with van der Waals surface area (Å²) in [6, 6.07) is 94.4. The molecule has 0 radical (unpaired) electrons. The smallest absolute Gasteiger partial charge is 0.160 e. The Balaban J connectivity index is 0.823. The van der Waals surface area contributed by atoms with Crippen molar-refractivity contribution in [3.63, 3.8) is 0 Å². The van der Waals surface area contributed by atoms with E-state index in [9.17, 15) is 15.8 Å². The van der Waals surface area contributed by atoms with E-state index >= 15 is 0 Å². The molecule has 4 heterocycles. The molecule has 0 saturated carbocycles. The maximum absolute atomic E-state index is 10.9. The van der Waals surface area contributed by atoms with Gasteiger partial charge < -0.3 is 13.7 Å². The van der Waals surface area contributed by atoms with Crippen molar-refractivity contribution in [3.8, 4) is 91.4 Å². The van der Waals surface area contributed by atoms with Crippen LogP contribution in [0.5, 0.6) is 0 Å². The standard InChI is InChI=1S/C73H42N8/c74-43-46-19-33-69-61(37-46)59-15-7-9-17-67(59)80(69)56-30-35-71-63(40-56)64-41-57(81-68-18-10-8-16-60(68)62-38-47(44-75)20-34-70(62)81)31-36-72(64)79(71)55-29-32-58(54(39-55)45-76)50-25-21-48(22-26-50)49-23-27-52(28-24-49)66-42-65(51-11-3-1-4-12-51)77-73(78-66)53-13-5-2-6-14-53/h1-42H. The topological polar surface area (TPSA) is 112 Å². The lowest BCUT2D eigenvalue weighted by molar-refractivity contribution is 1.16. The van der Waals surface area contributed by atoms with Crippen molar-refractivity contribution in [2.75, 3.05) is 0 Å². The van der Waals surface area contributed by atoms with Gasteiger partial charge in [0.2, 0.25) is 0 Å². The van der Waals surface area contributed by atoms with E-state index in [4.69, 9.17) is 9.97 Å². The Morgan fingerprint density at radius 1 is 0.272 bits per heavy atom. The highest BCUT2D eigenvalue weighted by Gasteiger charge is 2.21. The minimum Gasteiger partial charge on any atom is -0.309 e. The second-order valence-electron chi connectivity index (χ2n) is 20.3. The lowest BCUT2D eigenvalue weighted by Crippen LogP contribution is -1.98. The van der Waals surface area contributed by atoms with Crippen LogP contribution in [0.25, 0.3) is 139 Å². The second kappa shape index (κ2) is 18.8. The summed E-state index contributed by atoms with van der Waals surface area (Å²) in [6.45, 7) is 0. The molecule has 4 aromatic heterocycles. The Morgan fingerprint density at radius 2 is 0.654 bits per heavy atom. The van der Waals surface area contributed by atoms with E-state index < -0.39 is 0 Å². The Kier molecular flexibility index (Phi) is 10.8. The number of rotatable bonds is 8. The summed E-state index contributed by atoms with van der Waals surface area (Å²) in [6.07, 6.45) is 0. The summed E-state index contributed by atoms with van der Waals surface area (Å²) in [5.74, 6) is 0.678. The third-order valence-corrected chi connectivity index (χ3v) is 15.8. The van der Waals surface area contributed by atoms with Crippen molar-refractivity contribution < 1.29 is 0 Å². The number of nitrogens with zero attached hydrogens (tertiary/aromatic N) is 8. The molecule has 0 aliphatic rings. The van der Waals surface area contributed by atoms with Gasteiger partial charge in [0, 0.05) is 66.1 Å². The first-order valence-corrected chi connectivity index (χ1v) is 26.7. The van der Waals surface area contributed by atoms with Gasteiger partial charge >= 0.3 is 0 Å². The SMILES string of the molecule is N#Cc1ccc2c(c1)c1ccccc1n2-c1ccc2c(c1)c1cc(-n3c4ccccc4c4cc(C#N)ccc43)ccc1n2-c1ccc(-c2ccc(-c3ccc(-c4cc(-c5ccccc5)nc(-c5ccccc5)n4)cc3)cc2)c(C#N)c1. The third-order valence-electron chi connectivity index (χ3n) is 15.8. The summed E-state index contributed by atoms with van der Waals surface area (Å²) in [7, 11) is 0. The molecule has 0 unspecified atom stereocenters. The Labute approximate surface area is 465 Å². The monoisotopic (exact) mass is 1030 g/mol. The van der Waals surface area contributed by atoms with E-state index in [0.717, 1.165) is 133 Å². The molecule has 0 N–H and O–H groups in total. The van der Waals surface area contributed by atoms with E-state index in [0.29, 0.717) is 22.5 Å². The van der Waals surface area contributed by atoms with Crippen molar-refractivity contribution in [1.29, 1.82) is 15.8 Å². The average Bonchev–Trinajstić information content (AvgIpc) is 4.12. The maximum atomic E-state index is 10.9. The maximum Gasteiger partial charge on any atom is 0.160 e. The minimum absolute atomic E-state index is 0.562. The van der Waals surface area contributed by atoms with Crippen LogP contribution in [0.4, 0.5) is 0 Å². The highest BCUT2D eigenvalue weighted by molar-refractivity contribution is 6.14. The van der Waals surface area contributed by atoms with Gasteiger partial charge in [0.05, 0.1) is 79.4 Å². The molecule has 0 aliphatic heterocycles. The fourth-order valence-corrected chi connectivity index (χ4v) is 12.0. The van der Waals surface area contributed by atoms with E-state index in [-0.39, 0.29) is 0 Å². The highest BCUT2D eigenvalue weighted by atomic mass is 15.0. The third kappa shape index (κ3) is 7.73. The zero-order chi connectivity index (χ0) is 54.1. The van der Waals surface area contributed by atoms with Gasteiger partial charge in [-0.3, -0.25) is 0 Å². The zero-order valence-corrected chi connectivity index (χ0v) is 43.3. The molecule has 0 fully saturated rings. The Hall–Kier alpha value is -11.6. The van der Waals surface area contributed by atoms with E-state index in [1.165, 1.54) is 0 Å². The Morgan fingerprint density at radius 3 is 1.15 bits per heavy atom. The predicted octanol–water partition coefficient (Wildman–Crippen LogP) is 17.7. The van der Waals surface area contributed by atoms with Crippen LogP contribution in [0.3, 0.4) is 0 Å². The predicted molar refractivity (Wildman–Crippen MR) is 326 cm³/mol. The number of benzene rings is 11. The van der Waals surface area contributed by atoms with Crippen molar-refractivity contribution in [2.45, 2.75) is 0 Å². The number of para-hydroxylation sites is 2. The molecule has 0 amide bonds. The highest BCUT2D eigenvalue weighted by Crippen LogP contribution is 2.41. The molecule has 11 aromatic carbocycles. The molecular formula is C73H42N8. The fraction of sp³-hybridized carbons (Fsp3) is 0. The summed E-state index contributed by atoms with van der Waals surface area (Å²) in [5, 5.41) is 37.0. The molecule has 0 saturated heterocycles. The number of aromatic nitrogens is 5. The number of hydrogen-bond acceptors (Lipinski definition) is 5. The van der Waals surface area contributed by atoms with Gasteiger partial charge in [0.25, 0.3) is 0 Å². The van der Waals surface area contributed by atoms with Crippen LogP contribution in [-0.4, -0.2) is 23.7 Å². The summed E-state index contributed by atoms with van der Waals surface area (Å²) < 4.78 is 6.83. The molecule has 0 atom stereocenters. The van der Waals surface area contributed by atoms with E-state index in [1.54, 1.807) is 0 Å². The molecule has 8 nitrogen and oxygen atoms in total. The number of hydrogen-bond donors (Lipinski definition) is 0. The molecule has 0 bridgehead atoms. The van der Waals surface area contributed by atoms with Gasteiger partial charge in [0.15, 0.2) is 5.82 Å². The van der Waals surface area contributed by atoms with E-state index in [2.05, 4.69) is 184 Å². The van der Waals surface area contributed by atoms with Crippen LogP contribution in [-0.2, 0) is 0 Å². The lowest BCUT2D eigenvalue weighted by atomic mass is 9.96. The summed E-state index contributed by atoms with van der Waals surface area (Å²) >= 11 is 0. The minimum atomic E-state index is 0.562. The van der Waals surface area contributed by atoms with Gasteiger partial charge in [-0.1, -0.05) is 152 Å². The quantitative estimate of drug-likeness (QED) is 0.150. The van der Waals surface area contributed by atoms with Crippen LogP contribution >= 0.6 is 0 Å². The first-order chi connectivity index (χ1) is 40.0. The van der Waals surface area contributed by atoms with Gasteiger partial charge in [-0.05, 0) is 125 Å². The van der Waals surface area contributed by atoms with Crippen molar-refractivity contribution in [2.24, 2.45) is 0 Å². The molecule has 15 rings (SSSR count). The van der Waals surface area contributed by atoms with Gasteiger partial charge in [-0.25, -0.2) is 9.97 Å². The van der Waals surface area contributed by atoms with Gasteiger partial charge in [-0.15, -0.1) is 0 Å². The zero-order valence-electron chi connectivity index (χ0n) is 43.3. The van der Waals surface area contributed by atoms with Crippen molar-refractivity contribution in [1.82, 2.24) is 23.7 Å². The normalized spacial score (nSPS) is 11.4. The average molecular weight is 1030 g/mol. The van der Waals surface area contributed by atoms with Crippen LogP contribution in [0, 0.1) is 34.0 Å². The van der Waals surface area contributed by atoms with Crippen molar-refractivity contribution in [3.05, 3.63) is 271 Å². The summed E-state index contributed by atoms with van der Waals surface area (Å²) in [4.78, 5) is 10.00. The first kappa shape index (κ1) is 46.7. The van der Waals surface area contributed by atoms with Gasteiger partial charge in [0.1, 0.15) is 0 Å². The Bertz CT molecular complexity index is 4930. The fourth-order valence-electron chi connectivity index (χ4n) is 12.0. The van der Waals surface area contributed by atoms with Gasteiger partial charge in [-0.2, -0.15) is 15.8 Å². The molecule has 15 aromatic rings. The van der Waals surface area contributed by atoms with Crippen LogP contribution in [0.15, 0.2) is 255 Å². The van der Waals surface area contributed by atoms with Crippen molar-refractivity contribution >= 4 is 65.4 Å². The van der Waals surface area contributed by atoms with Crippen LogP contribution in [0.2, 0.25) is 0 Å². The molecule has 0 aliphatic carbocycles. The second-order valence-corrected chi connectivity index (χ2v) is 20.3. The number of nitriles is 3. The van der Waals surface area contributed by atoms with Crippen LogP contribution < -0.4 is 0 Å². The molecule has 374 valence electrons. The molecule has 8 heteroatoms. The van der Waals surface area contributed by atoms with E-state index in [1.807, 2.05) is 103 Å². The first-order valence-electron chi connectivity index (χ1n) is 26.7. The molecule has 0 spiro atoms. The molecular weight excluding hydrogens is 989 g/mol. The number of fused-ring (bicyclic) bond motifs is 9.